The van der Waals surface area contributed by atoms with Gasteiger partial charge in [0, 0.05) is 26.1 Å². The number of nitrogens with one attached hydrogen (secondary N) is 1. The lowest BCUT2D eigenvalue weighted by Crippen LogP contribution is -2.32. The maximum Gasteiger partial charge on any atom is 0.328 e. The van der Waals surface area contributed by atoms with Gasteiger partial charge in [-0.25, -0.2) is 4.79 Å². The van der Waals surface area contributed by atoms with Crippen molar-refractivity contribution in [1.82, 2.24) is 14.5 Å². The average molecular weight is 261 g/mol. The lowest BCUT2D eigenvalue weighted by atomic mass is 10.3. The zero-order chi connectivity index (χ0) is 14.0. The Morgan fingerprint density at radius 1 is 1.26 bits per heavy atom. The summed E-state index contributed by atoms with van der Waals surface area (Å²) in [5.41, 5.74) is 1.67. The standard InChI is InChI=1S/C14H19N3O2/c1-10(2)15-13(18)8-9-17-12-7-5-4-6-11(12)16(3)14(17)19/h4-7,10H,8-9H2,1-3H3,(H,15,18). The van der Waals surface area contributed by atoms with Crippen LogP contribution in [-0.2, 0) is 18.4 Å². The molecule has 0 unspecified atom stereocenters. The summed E-state index contributed by atoms with van der Waals surface area (Å²) in [6.45, 7) is 4.24. The molecule has 0 bridgehead atoms. The SMILES string of the molecule is CC(C)NC(=O)CCn1c(=O)n(C)c2ccccc21. The van der Waals surface area contributed by atoms with Gasteiger partial charge >= 0.3 is 5.69 Å². The van der Waals surface area contributed by atoms with E-state index in [4.69, 9.17) is 0 Å². The second kappa shape index (κ2) is 5.30. The fourth-order valence-electron chi connectivity index (χ4n) is 2.19. The molecule has 0 aliphatic carbocycles. The molecule has 1 aromatic heterocycles. The molecule has 0 radical (unpaired) electrons. The maximum atomic E-state index is 12.1. The molecule has 0 aliphatic heterocycles. The van der Waals surface area contributed by atoms with Crippen LogP contribution in [0.4, 0.5) is 0 Å². The minimum atomic E-state index is -0.0847. The number of imidazole rings is 1. The number of para-hydroxylation sites is 2. The van der Waals surface area contributed by atoms with E-state index in [0.29, 0.717) is 13.0 Å². The molecule has 5 nitrogen and oxygen atoms in total. The number of aromatic nitrogens is 2. The van der Waals surface area contributed by atoms with Gasteiger partial charge in [0.05, 0.1) is 11.0 Å². The van der Waals surface area contributed by atoms with Crippen molar-refractivity contribution in [3.63, 3.8) is 0 Å². The van der Waals surface area contributed by atoms with Crippen LogP contribution in [0.3, 0.4) is 0 Å². The highest BCUT2D eigenvalue weighted by atomic mass is 16.2. The van der Waals surface area contributed by atoms with E-state index in [2.05, 4.69) is 5.32 Å². The lowest BCUT2D eigenvalue weighted by Gasteiger charge is -2.08. The minimum absolute atomic E-state index is 0.0326. The van der Waals surface area contributed by atoms with Crippen LogP contribution in [0.25, 0.3) is 11.0 Å². The largest absolute Gasteiger partial charge is 0.354 e. The molecule has 2 rings (SSSR count). The summed E-state index contributed by atoms with van der Waals surface area (Å²) >= 11 is 0. The summed E-state index contributed by atoms with van der Waals surface area (Å²) in [5, 5.41) is 2.83. The van der Waals surface area contributed by atoms with Gasteiger partial charge in [0.25, 0.3) is 0 Å². The molecule has 5 heteroatoms. The molecule has 0 atom stereocenters. The maximum absolute atomic E-state index is 12.1. The van der Waals surface area contributed by atoms with Gasteiger partial charge in [0.15, 0.2) is 0 Å². The highest BCUT2D eigenvalue weighted by molar-refractivity contribution is 5.78. The molecule has 19 heavy (non-hydrogen) atoms. The molecule has 0 saturated heterocycles. The van der Waals surface area contributed by atoms with Crippen LogP contribution in [0.15, 0.2) is 29.1 Å². The Kier molecular flexibility index (Phi) is 3.74. The van der Waals surface area contributed by atoms with Gasteiger partial charge in [0.1, 0.15) is 0 Å². The molecular weight excluding hydrogens is 242 g/mol. The number of hydrogen-bond acceptors (Lipinski definition) is 2. The molecule has 1 N–H and O–H groups in total. The van der Waals surface area contributed by atoms with Gasteiger partial charge < -0.3 is 5.32 Å². The highest BCUT2D eigenvalue weighted by Gasteiger charge is 2.11. The zero-order valence-corrected chi connectivity index (χ0v) is 11.5. The van der Waals surface area contributed by atoms with E-state index in [-0.39, 0.29) is 17.6 Å². The summed E-state index contributed by atoms with van der Waals surface area (Å²) in [6, 6.07) is 7.72. The van der Waals surface area contributed by atoms with E-state index in [1.165, 1.54) is 0 Å². The van der Waals surface area contributed by atoms with Crippen molar-refractivity contribution in [2.75, 3.05) is 0 Å². The van der Waals surface area contributed by atoms with E-state index in [9.17, 15) is 9.59 Å². The monoisotopic (exact) mass is 261 g/mol. The average Bonchev–Trinajstić information content (AvgIpc) is 2.60. The third kappa shape index (κ3) is 2.70. The van der Waals surface area contributed by atoms with Gasteiger partial charge in [-0.3, -0.25) is 13.9 Å². The number of carbonyl (C=O) groups is 1. The van der Waals surface area contributed by atoms with E-state index in [1.807, 2.05) is 38.1 Å². The number of hydrogen-bond donors (Lipinski definition) is 1. The first-order chi connectivity index (χ1) is 9.00. The summed E-state index contributed by atoms with van der Waals surface area (Å²) < 4.78 is 3.25. The van der Waals surface area contributed by atoms with Crippen LogP contribution in [0.5, 0.6) is 0 Å². The molecule has 0 saturated carbocycles. The number of aryl methyl sites for hydroxylation is 2. The van der Waals surface area contributed by atoms with Crippen molar-refractivity contribution in [2.24, 2.45) is 7.05 Å². The number of carbonyl (C=O) groups excluding carboxylic acids is 1. The Bertz CT molecular complexity index is 652. The van der Waals surface area contributed by atoms with E-state index < -0.39 is 0 Å². The molecule has 1 aromatic carbocycles. The Balaban J connectivity index is 2.24. The summed E-state index contributed by atoms with van der Waals surface area (Å²) in [4.78, 5) is 23.8. The van der Waals surface area contributed by atoms with E-state index >= 15 is 0 Å². The van der Waals surface area contributed by atoms with Crippen LogP contribution in [0.2, 0.25) is 0 Å². The first kappa shape index (κ1) is 13.4. The third-order valence-corrected chi connectivity index (χ3v) is 3.06. The van der Waals surface area contributed by atoms with Gasteiger partial charge in [-0.15, -0.1) is 0 Å². The Labute approximate surface area is 111 Å². The molecule has 0 spiro atoms. The minimum Gasteiger partial charge on any atom is -0.354 e. The van der Waals surface area contributed by atoms with Crippen molar-refractivity contribution >= 4 is 16.9 Å². The molecule has 1 heterocycles. The fraction of sp³-hybridized carbons (Fsp3) is 0.429. The first-order valence-corrected chi connectivity index (χ1v) is 6.44. The van der Waals surface area contributed by atoms with E-state index in [0.717, 1.165) is 11.0 Å². The number of fused-ring (bicyclic) bond motifs is 1. The summed E-state index contributed by atoms with van der Waals surface area (Å²) in [6.07, 6.45) is 0.312. The van der Waals surface area contributed by atoms with Crippen LogP contribution in [0, 0.1) is 0 Å². The quantitative estimate of drug-likeness (QED) is 0.900. The molecule has 1 amide bonds. The molecular formula is C14H19N3O2. The third-order valence-electron chi connectivity index (χ3n) is 3.06. The fourth-order valence-corrected chi connectivity index (χ4v) is 2.19. The number of nitrogens with zero attached hydrogens (tertiary/aromatic N) is 2. The van der Waals surface area contributed by atoms with Gasteiger partial charge in [0.2, 0.25) is 5.91 Å². The van der Waals surface area contributed by atoms with Gasteiger partial charge in [-0.2, -0.15) is 0 Å². The lowest BCUT2D eigenvalue weighted by molar-refractivity contribution is -0.121. The summed E-state index contributed by atoms with van der Waals surface area (Å²) in [7, 11) is 1.75. The van der Waals surface area contributed by atoms with E-state index in [1.54, 1.807) is 16.2 Å². The number of amides is 1. The topological polar surface area (TPSA) is 56.0 Å². The first-order valence-electron chi connectivity index (χ1n) is 6.44. The summed E-state index contributed by atoms with van der Waals surface area (Å²) in [5.74, 6) is -0.0326. The van der Waals surface area contributed by atoms with Crippen LogP contribution in [-0.4, -0.2) is 21.1 Å². The molecule has 2 aromatic rings. The number of rotatable bonds is 4. The Morgan fingerprint density at radius 2 is 1.89 bits per heavy atom. The second-order valence-electron chi connectivity index (χ2n) is 4.95. The van der Waals surface area contributed by atoms with Crippen molar-refractivity contribution in [3.8, 4) is 0 Å². The van der Waals surface area contributed by atoms with Crippen LogP contribution in [0.1, 0.15) is 20.3 Å². The van der Waals surface area contributed by atoms with Gasteiger partial charge in [-0.05, 0) is 26.0 Å². The smallest absolute Gasteiger partial charge is 0.328 e. The van der Waals surface area contributed by atoms with Crippen molar-refractivity contribution in [3.05, 3.63) is 34.7 Å². The van der Waals surface area contributed by atoms with Crippen molar-refractivity contribution in [1.29, 1.82) is 0 Å². The predicted molar refractivity (Wildman–Crippen MR) is 75.1 cm³/mol. The van der Waals surface area contributed by atoms with Crippen LogP contribution >= 0.6 is 0 Å². The zero-order valence-electron chi connectivity index (χ0n) is 11.5. The Morgan fingerprint density at radius 3 is 2.53 bits per heavy atom. The molecule has 0 aliphatic rings. The van der Waals surface area contributed by atoms with Crippen molar-refractivity contribution < 1.29 is 4.79 Å². The highest BCUT2D eigenvalue weighted by Crippen LogP contribution is 2.11. The van der Waals surface area contributed by atoms with Crippen molar-refractivity contribution in [2.45, 2.75) is 32.9 Å². The normalized spacial score (nSPS) is 11.2. The predicted octanol–water partition coefficient (Wildman–Crippen LogP) is 1.25. The molecule has 0 fully saturated rings. The Hall–Kier alpha value is -2.04. The van der Waals surface area contributed by atoms with Crippen LogP contribution < -0.4 is 11.0 Å². The second-order valence-corrected chi connectivity index (χ2v) is 4.95. The molecule has 102 valence electrons. The number of benzene rings is 1. The van der Waals surface area contributed by atoms with Gasteiger partial charge in [-0.1, -0.05) is 12.1 Å².